The maximum absolute atomic E-state index is 11.2. The molecule has 0 aromatic rings. The van der Waals surface area contributed by atoms with Gasteiger partial charge in [-0.1, -0.05) is 116 Å². The molecule has 0 radical (unpaired) electrons. The third-order valence-electron chi connectivity index (χ3n) is 5.29. The molecule has 0 saturated carbocycles. The zero-order chi connectivity index (χ0) is 20.7. The molecular weight excluding hydrogens is 391 g/mol. The fraction of sp³-hybridized carbons (Fsp3) is 0.917. The van der Waals surface area contributed by atoms with Gasteiger partial charge in [0.05, 0.1) is 13.0 Å². The summed E-state index contributed by atoms with van der Waals surface area (Å²) in [4.78, 5) is 21.5. The molecule has 166 valence electrons. The number of unbranched alkanes of at least 4 members (excludes halogenated alkanes) is 17. The van der Waals surface area contributed by atoms with Crippen molar-refractivity contribution in [3.05, 3.63) is 0 Å². The number of carboxylic acid groups (broad SMARTS) is 1. The molecule has 0 bridgehead atoms. The van der Waals surface area contributed by atoms with E-state index in [0.29, 0.717) is 6.61 Å². The van der Waals surface area contributed by atoms with E-state index >= 15 is 0 Å². The van der Waals surface area contributed by atoms with Crippen LogP contribution in [0.2, 0.25) is 0 Å². The first-order chi connectivity index (χ1) is 13.7. The van der Waals surface area contributed by atoms with Crippen molar-refractivity contribution in [1.82, 2.24) is 0 Å². The predicted molar refractivity (Wildman–Crippen MR) is 114 cm³/mol. The molecular formula is C24H45KO4. The van der Waals surface area contributed by atoms with Crippen LogP contribution in [-0.2, 0) is 14.3 Å². The van der Waals surface area contributed by atoms with Crippen LogP contribution in [0.3, 0.4) is 0 Å². The van der Waals surface area contributed by atoms with E-state index in [1.54, 1.807) is 0 Å². The molecule has 0 heterocycles. The van der Waals surface area contributed by atoms with Crippen molar-refractivity contribution in [2.24, 2.45) is 0 Å². The molecule has 0 fully saturated rings. The molecule has 0 N–H and O–H groups in total. The van der Waals surface area contributed by atoms with Gasteiger partial charge in [-0.15, -0.1) is 0 Å². The van der Waals surface area contributed by atoms with Crippen molar-refractivity contribution in [1.29, 1.82) is 0 Å². The number of rotatable bonds is 22. The molecule has 0 spiro atoms. The second-order valence-electron chi connectivity index (χ2n) is 8.10. The molecule has 0 aromatic carbocycles. The normalized spacial score (nSPS) is 10.5. The first-order valence-corrected chi connectivity index (χ1v) is 12.0. The maximum Gasteiger partial charge on any atom is 1.00 e. The third kappa shape index (κ3) is 28.6. The van der Waals surface area contributed by atoms with Crippen molar-refractivity contribution in [3.8, 4) is 0 Å². The molecule has 0 aromatic heterocycles. The van der Waals surface area contributed by atoms with Gasteiger partial charge in [0.2, 0.25) is 0 Å². The third-order valence-corrected chi connectivity index (χ3v) is 5.29. The van der Waals surface area contributed by atoms with E-state index in [0.717, 1.165) is 12.8 Å². The van der Waals surface area contributed by atoms with Gasteiger partial charge in [0.25, 0.3) is 0 Å². The summed E-state index contributed by atoms with van der Waals surface area (Å²) >= 11 is 0. The number of hydrogen-bond acceptors (Lipinski definition) is 4. The van der Waals surface area contributed by atoms with Gasteiger partial charge in [-0.2, -0.15) is 0 Å². The van der Waals surface area contributed by atoms with Crippen LogP contribution < -0.4 is 56.5 Å². The molecule has 0 aliphatic heterocycles. The Morgan fingerprint density at radius 3 is 1.28 bits per heavy atom. The monoisotopic (exact) mass is 436 g/mol. The number of carbonyl (C=O) groups excluding carboxylic acids is 2. The van der Waals surface area contributed by atoms with E-state index < -0.39 is 11.9 Å². The number of hydrogen-bond donors (Lipinski definition) is 0. The predicted octanol–water partition coefficient (Wildman–Crippen LogP) is 3.11. The second kappa shape index (κ2) is 26.6. The summed E-state index contributed by atoms with van der Waals surface area (Å²) in [5.74, 6) is -1.64. The van der Waals surface area contributed by atoms with Crippen LogP contribution in [0, 0.1) is 0 Å². The fourth-order valence-corrected chi connectivity index (χ4v) is 3.47. The number of carboxylic acids is 1. The first-order valence-electron chi connectivity index (χ1n) is 12.0. The Labute approximate surface area is 222 Å². The minimum atomic E-state index is -1.20. The summed E-state index contributed by atoms with van der Waals surface area (Å²) in [6.07, 6.45) is 23.6. The SMILES string of the molecule is CCCCCCCCCCCCCCCCCCCCOC(=O)CCC(=O)[O-].[K+]. The van der Waals surface area contributed by atoms with E-state index in [9.17, 15) is 14.7 Å². The van der Waals surface area contributed by atoms with Gasteiger partial charge in [-0.3, -0.25) is 4.79 Å². The largest absolute Gasteiger partial charge is 1.00 e. The van der Waals surface area contributed by atoms with E-state index in [-0.39, 0.29) is 64.2 Å². The smallest absolute Gasteiger partial charge is 0.550 e. The number of aliphatic carboxylic acids is 1. The van der Waals surface area contributed by atoms with Crippen LogP contribution >= 0.6 is 0 Å². The van der Waals surface area contributed by atoms with Crippen molar-refractivity contribution in [2.75, 3.05) is 6.61 Å². The van der Waals surface area contributed by atoms with Crippen molar-refractivity contribution < 1.29 is 70.8 Å². The molecule has 0 atom stereocenters. The van der Waals surface area contributed by atoms with Crippen LogP contribution in [0.4, 0.5) is 0 Å². The zero-order valence-electron chi connectivity index (χ0n) is 19.5. The van der Waals surface area contributed by atoms with Gasteiger partial charge < -0.3 is 14.6 Å². The Morgan fingerprint density at radius 2 is 0.931 bits per heavy atom. The first kappa shape index (κ1) is 31.8. The van der Waals surface area contributed by atoms with Gasteiger partial charge in [-0.05, 0) is 12.8 Å². The van der Waals surface area contributed by atoms with Crippen LogP contribution in [0.1, 0.15) is 135 Å². The summed E-state index contributed by atoms with van der Waals surface area (Å²) in [5.41, 5.74) is 0. The van der Waals surface area contributed by atoms with Gasteiger partial charge in [-0.25, -0.2) is 0 Å². The summed E-state index contributed by atoms with van der Waals surface area (Å²) in [5, 5.41) is 10.2. The standard InChI is InChI=1S/C24H46O4.K/c1-2-3-4-5-6-7-8-9-10-11-12-13-14-15-16-17-18-19-22-28-24(27)21-20-23(25)26;/h2-22H2,1H3,(H,25,26);/q;+1/p-1. The minimum Gasteiger partial charge on any atom is -0.550 e. The number of ether oxygens (including phenoxy) is 1. The summed E-state index contributed by atoms with van der Waals surface area (Å²) in [6, 6.07) is 0. The van der Waals surface area contributed by atoms with Gasteiger partial charge in [0.15, 0.2) is 0 Å². The minimum absolute atomic E-state index is 0. The van der Waals surface area contributed by atoms with E-state index in [1.807, 2.05) is 0 Å². The molecule has 4 nitrogen and oxygen atoms in total. The van der Waals surface area contributed by atoms with E-state index in [4.69, 9.17) is 4.74 Å². The Kier molecular flexibility index (Phi) is 29.1. The molecule has 0 saturated heterocycles. The Morgan fingerprint density at radius 1 is 0.586 bits per heavy atom. The van der Waals surface area contributed by atoms with Crippen molar-refractivity contribution in [3.63, 3.8) is 0 Å². The quantitative estimate of drug-likeness (QED) is 0.149. The molecule has 29 heavy (non-hydrogen) atoms. The summed E-state index contributed by atoms with van der Waals surface area (Å²) < 4.78 is 4.99. The Hall–Kier alpha value is 0.576. The van der Waals surface area contributed by atoms with Crippen LogP contribution in [0.5, 0.6) is 0 Å². The molecule has 0 unspecified atom stereocenters. The van der Waals surface area contributed by atoms with Gasteiger partial charge >= 0.3 is 57.4 Å². The molecule has 0 amide bonds. The average molecular weight is 437 g/mol. The van der Waals surface area contributed by atoms with E-state index in [2.05, 4.69) is 6.92 Å². The molecule has 0 aliphatic carbocycles. The van der Waals surface area contributed by atoms with Crippen molar-refractivity contribution >= 4 is 11.9 Å². The topological polar surface area (TPSA) is 66.4 Å². The molecule has 0 rings (SSSR count). The number of carbonyl (C=O) groups is 2. The molecule has 5 heteroatoms. The van der Waals surface area contributed by atoms with Crippen molar-refractivity contribution in [2.45, 2.75) is 135 Å². The second-order valence-corrected chi connectivity index (χ2v) is 8.10. The zero-order valence-corrected chi connectivity index (χ0v) is 22.6. The summed E-state index contributed by atoms with van der Waals surface area (Å²) in [7, 11) is 0. The molecule has 0 aliphatic rings. The Balaban J connectivity index is 0. The summed E-state index contributed by atoms with van der Waals surface area (Å²) in [6.45, 7) is 2.68. The van der Waals surface area contributed by atoms with Gasteiger partial charge in [0.1, 0.15) is 0 Å². The van der Waals surface area contributed by atoms with Crippen LogP contribution in [0.15, 0.2) is 0 Å². The van der Waals surface area contributed by atoms with Crippen LogP contribution in [0.25, 0.3) is 0 Å². The van der Waals surface area contributed by atoms with Crippen LogP contribution in [-0.4, -0.2) is 18.5 Å². The van der Waals surface area contributed by atoms with E-state index in [1.165, 1.54) is 103 Å². The Bertz CT molecular complexity index is 361. The fourth-order valence-electron chi connectivity index (χ4n) is 3.47. The van der Waals surface area contributed by atoms with Gasteiger partial charge in [0, 0.05) is 5.97 Å². The average Bonchev–Trinajstić information content (AvgIpc) is 2.68. The maximum atomic E-state index is 11.2. The number of esters is 1.